The van der Waals surface area contributed by atoms with E-state index < -0.39 is 0 Å². The van der Waals surface area contributed by atoms with Crippen LogP contribution in [-0.2, 0) is 6.42 Å². The van der Waals surface area contributed by atoms with E-state index in [0.717, 1.165) is 16.6 Å². The van der Waals surface area contributed by atoms with Gasteiger partial charge in [0.2, 0.25) is 0 Å². The van der Waals surface area contributed by atoms with E-state index in [2.05, 4.69) is 46.3 Å². The molecule has 0 saturated heterocycles. The lowest BCUT2D eigenvalue weighted by Gasteiger charge is -2.17. The van der Waals surface area contributed by atoms with Gasteiger partial charge in [-0.3, -0.25) is 0 Å². The fourth-order valence-electron chi connectivity index (χ4n) is 2.23. The van der Waals surface area contributed by atoms with Crippen LogP contribution in [0.2, 0.25) is 0 Å². The zero-order valence-electron chi connectivity index (χ0n) is 11.0. The summed E-state index contributed by atoms with van der Waals surface area (Å²) in [6.45, 7) is 0.625. The van der Waals surface area contributed by atoms with E-state index in [0.29, 0.717) is 12.5 Å². The number of rotatable bonds is 5. The summed E-state index contributed by atoms with van der Waals surface area (Å²) >= 11 is 3.51. The van der Waals surface area contributed by atoms with Crippen LogP contribution in [0.3, 0.4) is 0 Å². The van der Waals surface area contributed by atoms with Crippen LogP contribution in [-0.4, -0.2) is 13.7 Å². The highest BCUT2D eigenvalue weighted by molar-refractivity contribution is 9.10. The third-order valence-electron chi connectivity index (χ3n) is 3.26. The second-order valence-electron chi connectivity index (χ2n) is 4.50. The van der Waals surface area contributed by atoms with Gasteiger partial charge in [0.1, 0.15) is 5.75 Å². The smallest absolute Gasteiger partial charge is 0.122 e. The lowest BCUT2D eigenvalue weighted by Crippen LogP contribution is -2.15. The summed E-state index contributed by atoms with van der Waals surface area (Å²) in [4.78, 5) is 0. The number of hydrogen-bond acceptors (Lipinski definition) is 2. The fourth-order valence-corrected chi connectivity index (χ4v) is 2.64. The topological polar surface area (TPSA) is 35.2 Å². The molecule has 0 aromatic heterocycles. The fraction of sp³-hybridized carbons (Fsp3) is 0.250. The molecule has 0 aliphatic heterocycles. The van der Waals surface area contributed by atoms with Crippen molar-refractivity contribution < 1.29 is 4.74 Å². The summed E-state index contributed by atoms with van der Waals surface area (Å²) in [5.41, 5.74) is 8.38. The van der Waals surface area contributed by atoms with Crippen molar-refractivity contribution >= 4 is 15.9 Å². The minimum atomic E-state index is 0.310. The molecule has 0 amide bonds. The highest BCUT2D eigenvalue weighted by atomic mass is 79.9. The molecule has 0 aliphatic rings. The maximum atomic E-state index is 5.93. The van der Waals surface area contributed by atoms with Crippen LogP contribution in [0.4, 0.5) is 0 Å². The number of halogens is 1. The van der Waals surface area contributed by atoms with Crippen molar-refractivity contribution in [2.24, 2.45) is 5.73 Å². The number of benzene rings is 2. The van der Waals surface area contributed by atoms with Crippen LogP contribution in [0.5, 0.6) is 5.75 Å². The minimum absolute atomic E-state index is 0.310. The molecule has 1 unspecified atom stereocenters. The highest BCUT2D eigenvalue weighted by Gasteiger charge is 2.13. The largest absolute Gasteiger partial charge is 0.496 e. The van der Waals surface area contributed by atoms with Gasteiger partial charge in [-0.2, -0.15) is 0 Å². The molecule has 2 aromatic rings. The molecule has 0 spiro atoms. The van der Waals surface area contributed by atoms with Crippen LogP contribution < -0.4 is 10.5 Å². The first-order valence-electron chi connectivity index (χ1n) is 6.32. The van der Waals surface area contributed by atoms with E-state index in [4.69, 9.17) is 10.5 Å². The summed E-state index contributed by atoms with van der Waals surface area (Å²) in [5.74, 6) is 1.22. The molecule has 0 saturated carbocycles. The number of nitrogens with two attached hydrogens (primary N) is 1. The first-order valence-corrected chi connectivity index (χ1v) is 7.11. The SMILES string of the molecule is COc1ccc(Br)cc1CC(CN)c1ccccc1. The standard InChI is InChI=1S/C16H18BrNO/c1-19-16-8-7-15(17)10-13(16)9-14(11-18)12-5-3-2-4-6-12/h2-8,10,14H,9,11,18H2,1H3. The summed E-state index contributed by atoms with van der Waals surface area (Å²) in [7, 11) is 1.70. The predicted molar refractivity (Wildman–Crippen MR) is 82.6 cm³/mol. The van der Waals surface area contributed by atoms with Crippen molar-refractivity contribution in [2.45, 2.75) is 12.3 Å². The Morgan fingerprint density at radius 3 is 2.53 bits per heavy atom. The third kappa shape index (κ3) is 3.58. The van der Waals surface area contributed by atoms with Crippen LogP contribution in [0.15, 0.2) is 53.0 Å². The molecular formula is C16H18BrNO. The van der Waals surface area contributed by atoms with Crippen LogP contribution >= 0.6 is 15.9 Å². The zero-order chi connectivity index (χ0) is 13.7. The van der Waals surface area contributed by atoms with Gasteiger partial charge >= 0.3 is 0 Å². The van der Waals surface area contributed by atoms with Gasteiger partial charge in [0.05, 0.1) is 7.11 Å². The minimum Gasteiger partial charge on any atom is -0.496 e. The molecule has 19 heavy (non-hydrogen) atoms. The molecule has 100 valence electrons. The van der Waals surface area contributed by atoms with Gasteiger partial charge in [0, 0.05) is 10.4 Å². The normalized spacial score (nSPS) is 12.2. The maximum absolute atomic E-state index is 5.93. The second-order valence-corrected chi connectivity index (χ2v) is 5.42. The zero-order valence-corrected chi connectivity index (χ0v) is 12.6. The summed E-state index contributed by atoms with van der Waals surface area (Å²) in [5, 5.41) is 0. The average Bonchev–Trinajstić information content (AvgIpc) is 2.46. The van der Waals surface area contributed by atoms with Gasteiger partial charge in [-0.05, 0) is 42.3 Å². The van der Waals surface area contributed by atoms with Crippen molar-refractivity contribution in [3.63, 3.8) is 0 Å². The Balaban J connectivity index is 2.26. The van der Waals surface area contributed by atoms with E-state index in [-0.39, 0.29) is 0 Å². The van der Waals surface area contributed by atoms with Gasteiger partial charge in [-0.15, -0.1) is 0 Å². The molecule has 2 rings (SSSR count). The third-order valence-corrected chi connectivity index (χ3v) is 3.76. The molecule has 0 radical (unpaired) electrons. The van der Waals surface area contributed by atoms with Crippen molar-refractivity contribution in [2.75, 3.05) is 13.7 Å². The molecule has 2 N–H and O–H groups in total. The molecular weight excluding hydrogens is 302 g/mol. The number of ether oxygens (including phenoxy) is 1. The molecule has 2 nitrogen and oxygen atoms in total. The summed E-state index contributed by atoms with van der Waals surface area (Å²) in [6, 6.07) is 16.5. The maximum Gasteiger partial charge on any atom is 0.122 e. The van der Waals surface area contributed by atoms with Crippen molar-refractivity contribution in [3.05, 3.63) is 64.1 Å². The van der Waals surface area contributed by atoms with Crippen molar-refractivity contribution in [1.82, 2.24) is 0 Å². The van der Waals surface area contributed by atoms with Gasteiger partial charge in [0.25, 0.3) is 0 Å². The van der Waals surface area contributed by atoms with E-state index >= 15 is 0 Å². The molecule has 0 heterocycles. The number of hydrogen-bond donors (Lipinski definition) is 1. The van der Waals surface area contributed by atoms with Gasteiger partial charge < -0.3 is 10.5 Å². The summed E-state index contributed by atoms with van der Waals surface area (Å²) < 4.78 is 6.48. The first kappa shape index (κ1) is 14.1. The molecule has 0 fully saturated rings. The van der Waals surface area contributed by atoms with Crippen LogP contribution in [0, 0.1) is 0 Å². The predicted octanol–water partition coefficient (Wildman–Crippen LogP) is 3.74. The molecule has 3 heteroatoms. The Hall–Kier alpha value is -1.32. The lowest BCUT2D eigenvalue weighted by molar-refractivity contribution is 0.408. The molecule has 0 aliphatic carbocycles. The summed E-state index contributed by atoms with van der Waals surface area (Å²) in [6.07, 6.45) is 0.878. The molecule has 2 aromatic carbocycles. The quantitative estimate of drug-likeness (QED) is 0.911. The van der Waals surface area contributed by atoms with E-state index in [1.54, 1.807) is 7.11 Å². The average molecular weight is 320 g/mol. The van der Waals surface area contributed by atoms with Crippen molar-refractivity contribution in [1.29, 1.82) is 0 Å². The van der Waals surface area contributed by atoms with Crippen molar-refractivity contribution in [3.8, 4) is 5.75 Å². The molecule has 0 bridgehead atoms. The molecule has 1 atom stereocenters. The van der Waals surface area contributed by atoms with Crippen LogP contribution in [0.1, 0.15) is 17.0 Å². The Bertz CT molecular complexity index is 528. The van der Waals surface area contributed by atoms with Gasteiger partial charge in [0.15, 0.2) is 0 Å². The Morgan fingerprint density at radius 2 is 1.89 bits per heavy atom. The Morgan fingerprint density at radius 1 is 1.16 bits per heavy atom. The Kier molecular flexibility index (Phi) is 5.00. The van der Waals surface area contributed by atoms with E-state index in [9.17, 15) is 0 Å². The van der Waals surface area contributed by atoms with Crippen LogP contribution in [0.25, 0.3) is 0 Å². The van der Waals surface area contributed by atoms with E-state index in [1.807, 2.05) is 18.2 Å². The van der Waals surface area contributed by atoms with Gasteiger partial charge in [-0.1, -0.05) is 46.3 Å². The monoisotopic (exact) mass is 319 g/mol. The van der Waals surface area contributed by atoms with E-state index in [1.165, 1.54) is 11.1 Å². The highest BCUT2D eigenvalue weighted by Crippen LogP contribution is 2.28. The van der Waals surface area contributed by atoms with Gasteiger partial charge in [-0.25, -0.2) is 0 Å². The second kappa shape index (κ2) is 6.73. The number of methoxy groups -OCH3 is 1. The lowest BCUT2D eigenvalue weighted by atomic mass is 9.92. The first-order chi connectivity index (χ1) is 9.24. The Labute approximate surface area is 122 Å².